The van der Waals surface area contributed by atoms with Crippen LogP contribution in [0.2, 0.25) is 0 Å². The molecule has 2 amide bonds. The molecule has 2 rings (SSSR count). The highest BCUT2D eigenvalue weighted by Crippen LogP contribution is 2.15. The van der Waals surface area contributed by atoms with Gasteiger partial charge in [0.05, 0.1) is 12.2 Å². The van der Waals surface area contributed by atoms with Crippen molar-refractivity contribution in [2.24, 2.45) is 0 Å². The summed E-state index contributed by atoms with van der Waals surface area (Å²) in [5, 5.41) is 11.4. The van der Waals surface area contributed by atoms with E-state index in [0.717, 1.165) is 18.6 Å². The van der Waals surface area contributed by atoms with Crippen LogP contribution in [0.4, 0.5) is 14.9 Å². The number of benzene rings is 1. The fourth-order valence-corrected chi connectivity index (χ4v) is 1.92. The number of aromatic carboxylic acids is 1. The number of hydrogen-bond donors (Lipinski definition) is 2. The van der Waals surface area contributed by atoms with Gasteiger partial charge < -0.3 is 20.1 Å². The third-order valence-electron chi connectivity index (χ3n) is 2.96. The number of carbonyl (C=O) groups excluding carboxylic acids is 1. The highest BCUT2D eigenvalue weighted by Gasteiger charge is 2.17. The van der Waals surface area contributed by atoms with Crippen molar-refractivity contribution >= 4 is 17.7 Å². The zero-order valence-electron chi connectivity index (χ0n) is 10.8. The molecule has 1 heterocycles. The van der Waals surface area contributed by atoms with Gasteiger partial charge in [-0.1, -0.05) is 0 Å². The molecule has 1 aliphatic rings. The summed E-state index contributed by atoms with van der Waals surface area (Å²) < 4.78 is 18.5. The van der Waals surface area contributed by atoms with Crippen molar-refractivity contribution in [2.45, 2.75) is 6.42 Å². The summed E-state index contributed by atoms with van der Waals surface area (Å²) in [6.45, 7) is 2.12. The van der Waals surface area contributed by atoms with E-state index in [1.165, 1.54) is 6.07 Å². The van der Waals surface area contributed by atoms with Gasteiger partial charge in [-0.2, -0.15) is 0 Å². The van der Waals surface area contributed by atoms with Crippen LogP contribution in [0.3, 0.4) is 0 Å². The third-order valence-corrected chi connectivity index (χ3v) is 2.96. The average molecular weight is 282 g/mol. The maximum absolute atomic E-state index is 13.2. The maximum atomic E-state index is 13.2. The van der Waals surface area contributed by atoms with Gasteiger partial charge >= 0.3 is 12.0 Å². The second kappa shape index (κ2) is 6.33. The molecule has 1 aliphatic heterocycles. The first-order valence-electron chi connectivity index (χ1n) is 6.24. The lowest BCUT2D eigenvalue weighted by molar-refractivity contribution is 0.0692. The van der Waals surface area contributed by atoms with E-state index in [1.54, 1.807) is 4.90 Å². The number of halogens is 1. The minimum absolute atomic E-state index is 0.249. The molecule has 0 spiro atoms. The van der Waals surface area contributed by atoms with Crippen molar-refractivity contribution in [3.05, 3.63) is 29.6 Å². The topological polar surface area (TPSA) is 78.9 Å². The number of carboxylic acids is 1. The Balaban J connectivity index is 2.07. The van der Waals surface area contributed by atoms with Crippen molar-refractivity contribution in [3.63, 3.8) is 0 Å². The summed E-state index contributed by atoms with van der Waals surface area (Å²) in [6.07, 6.45) is 0.747. The monoisotopic (exact) mass is 282 g/mol. The predicted octanol–water partition coefficient (Wildman–Crippen LogP) is 1.78. The Labute approximate surface area is 115 Å². The molecule has 0 aliphatic carbocycles. The van der Waals surface area contributed by atoms with E-state index >= 15 is 0 Å². The molecule has 0 bridgehead atoms. The normalized spacial score (nSPS) is 15.6. The van der Waals surface area contributed by atoms with E-state index in [4.69, 9.17) is 9.84 Å². The summed E-state index contributed by atoms with van der Waals surface area (Å²) in [5.41, 5.74) is -0.221. The van der Waals surface area contributed by atoms with Crippen LogP contribution in [-0.4, -0.2) is 48.3 Å². The van der Waals surface area contributed by atoms with Crippen LogP contribution in [0.5, 0.6) is 0 Å². The Bertz CT molecular complexity index is 513. The van der Waals surface area contributed by atoms with E-state index in [-0.39, 0.29) is 11.7 Å². The number of carboxylic acid groups (broad SMARTS) is 1. The molecular weight excluding hydrogens is 267 g/mol. The molecule has 2 N–H and O–H groups in total. The SMILES string of the molecule is O=C(O)c1cc(NC(=O)N2CCCOCC2)ccc1F. The first-order chi connectivity index (χ1) is 9.58. The molecule has 0 saturated carbocycles. The molecule has 0 aromatic heterocycles. The molecule has 1 aromatic carbocycles. The van der Waals surface area contributed by atoms with Crippen LogP contribution in [0.15, 0.2) is 18.2 Å². The van der Waals surface area contributed by atoms with Gasteiger partial charge in [-0.3, -0.25) is 0 Å². The van der Waals surface area contributed by atoms with Crippen LogP contribution in [-0.2, 0) is 4.74 Å². The lowest BCUT2D eigenvalue weighted by Crippen LogP contribution is -2.36. The Morgan fingerprint density at radius 3 is 2.85 bits per heavy atom. The summed E-state index contributed by atoms with van der Waals surface area (Å²) in [5.74, 6) is -2.21. The van der Waals surface area contributed by atoms with Gasteiger partial charge in [-0.05, 0) is 24.6 Å². The van der Waals surface area contributed by atoms with Crippen LogP contribution < -0.4 is 5.32 Å². The second-order valence-electron chi connectivity index (χ2n) is 4.38. The standard InChI is InChI=1S/C13H15FN2O4/c14-11-3-2-9(8-10(11)12(17)18)15-13(19)16-4-1-6-20-7-5-16/h2-3,8H,1,4-7H2,(H,15,19)(H,17,18). The number of nitrogens with zero attached hydrogens (tertiary/aromatic N) is 1. The number of nitrogens with one attached hydrogen (secondary N) is 1. The molecule has 20 heavy (non-hydrogen) atoms. The largest absolute Gasteiger partial charge is 0.478 e. The molecule has 108 valence electrons. The van der Waals surface area contributed by atoms with Crippen LogP contribution in [0, 0.1) is 5.82 Å². The van der Waals surface area contributed by atoms with Crippen molar-refractivity contribution in [1.29, 1.82) is 0 Å². The highest BCUT2D eigenvalue weighted by atomic mass is 19.1. The minimum atomic E-state index is -1.37. The van der Waals surface area contributed by atoms with E-state index in [1.807, 2.05) is 0 Å². The Morgan fingerprint density at radius 1 is 1.30 bits per heavy atom. The van der Waals surface area contributed by atoms with E-state index in [0.29, 0.717) is 26.3 Å². The second-order valence-corrected chi connectivity index (χ2v) is 4.38. The van der Waals surface area contributed by atoms with E-state index in [2.05, 4.69) is 5.32 Å². The quantitative estimate of drug-likeness (QED) is 0.866. The molecule has 0 radical (unpaired) electrons. The number of hydrogen-bond acceptors (Lipinski definition) is 3. The third kappa shape index (κ3) is 3.45. The van der Waals surface area contributed by atoms with Gasteiger partial charge in [0.25, 0.3) is 0 Å². The smallest absolute Gasteiger partial charge is 0.338 e. The summed E-state index contributed by atoms with van der Waals surface area (Å²) in [4.78, 5) is 24.4. The Morgan fingerprint density at radius 2 is 2.10 bits per heavy atom. The number of urea groups is 1. The number of ether oxygens (including phenoxy) is 1. The number of anilines is 1. The molecule has 0 unspecified atom stereocenters. The van der Waals surface area contributed by atoms with Gasteiger partial charge in [-0.15, -0.1) is 0 Å². The predicted molar refractivity (Wildman–Crippen MR) is 69.4 cm³/mol. The maximum Gasteiger partial charge on any atom is 0.338 e. The van der Waals surface area contributed by atoms with Crippen LogP contribution in [0.25, 0.3) is 0 Å². The summed E-state index contributed by atoms with van der Waals surface area (Å²) >= 11 is 0. The van der Waals surface area contributed by atoms with Crippen LogP contribution in [0.1, 0.15) is 16.8 Å². The molecule has 1 aromatic rings. The average Bonchev–Trinajstić information content (AvgIpc) is 2.69. The highest BCUT2D eigenvalue weighted by molar-refractivity contribution is 5.93. The first-order valence-corrected chi connectivity index (χ1v) is 6.24. The van der Waals surface area contributed by atoms with E-state index in [9.17, 15) is 14.0 Å². The number of rotatable bonds is 2. The van der Waals surface area contributed by atoms with E-state index < -0.39 is 17.3 Å². The number of carbonyl (C=O) groups is 2. The Kier molecular flexibility index (Phi) is 4.52. The van der Waals surface area contributed by atoms with Crippen molar-refractivity contribution in [1.82, 2.24) is 4.90 Å². The minimum Gasteiger partial charge on any atom is -0.478 e. The summed E-state index contributed by atoms with van der Waals surface area (Å²) in [7, 11) is 0. The van der Waals surface area contributed by atoms with Gasteiger partial charge in [0, 0.05) is 25.4 Å². The lowest BCUT2D eigenvalue weighted by Gasteiger charge is -2.20. The molecule has 6 nitrogen and oxygen atoms in total. The van der Waals surface area contributed by atoms with Gasteiger partial charge in [0.15, 0.2) is 0 Å². The van der Waals surface area contributed by atoms with Crippen molar-refractivity contribution in [2.75, 3.05) is 31.6 Å². The summed E-state index contributed by atoms with van der Waals surface area (Å²) in [6, 6.07) is 3.10. The zero-order valence-corrected chi connectivity index (χ0v) is 10.8. The lowest BCUT2D eigenvalue weighted by atomic mass is 10.2. The van der Waals surface area contributed by atoms with Crippen LogP contribution >= 0.6 is 0 Å². The molecule has 7 heteroatoms. The molecule has 1 saturated heterocycles. The molecule has 0 atom stereocenters. The van der Waals surface area contributed by atoms with Crippen molar-refractivity contribution in [3.8, 4) is 0 Å². The van der Waals surface area contributed by atoms with Gasteiger partial charge in [0.2, 0.25) is 0 Å². The fraction of sp³-hybridized carbons (Fsp3) is 0.385. The molecule has 1 fully saturated rings. The van der Waals surface area contributed by atoms with Gasteiger partial charge in [-0.25, -0.2) is 14.0 Å². The van der Waals surface area contributed by atoms with Gasteiger partial charge in [0.1, 0.15) is 5.82 Å². The first kappa shape index (κ1) is 14.3. The van der Waals surface area contributed by atoms with Crippen molar-refractivity contribution < 1.29 is 23.8 Å². The zero-order chi connectivity index (χ0) is 14.5. The molecular formula is C13H15FN2O4. The number of amides is 2. The Hall–Kier alpha value is -2.15. The fourth-order valence-electron chi connectivity index (χ4n) is 1.92.